The molecule has 5 nitrogen and oxygen atoms in total. The van der Waals surface area contributed by atoms with Crippen molar-refractivity contribution >= 4 is 22.6 Å². The fourth-order valence-corrected chi connectivity index (χ4v) is 2.80. The van der Waals surface area contributed by atoms with Crippen LogP contribution in [0.15, 0.2) is 52.9 Å². The Morgan fingerprint density at radius 3 is 2.58 bits per heavy atom. The van der Waals surface area contributed by atoms with E-state index in [0.29, 0.717) is 29.3 Å². The van der Waals surface area contributed by atoms with Gasteiger partial charge in [-0.1, -0.05) is 12.1 Å². The second-order valence-corrected chi connectivity index (χ2v) is 6.39. The summed E-state index contributed by atoms with van der Waals surface area (Å²) in [5.41, 5.74) is 2.38. The van der Waals surface area contributed by atoms with Gasteiger partial charge in [0.15, 0.2) is 11.3 Å². The van der Waals surface area contributed by atoms with Crippen molar-refractivity contribution in [3.63, 3.8) is 0 Å². The lowest BCUT2D eigenvalue weighted by molar-refractivity contribution is 0.0935. The minimum atomic E-state index is -0.252. The van der Waals surface area contributed by atoms with Crippen LogP contribution in [0.5, 0.6) is 5.75 Å². The van der Waals surface area contributed by atoms with Crippen molar-refractivity contribution in [2.45, 2.75) is 19.9 Å². The van der Waals surface area contributed by atoms with Crippen molar-refractivity contribution in [1.82, 2.24) is 5.32 Å². The third-order valence-corrected chi connectivity index (χ3v) is 4.25. The first-order chi connectivity index (χ1) is 12.5. The maximum Gasteiger partial charge on any atom is 0.251 e. The molecule has 1 unspecified atom stereocenters. The predicted octanol–water partition coefficient (Wildman–Crippen LogP) is 4.39. The van der Waals surface area contributed by atoms with Crippen molar-refractivity contribution in [3.05, 3.63) is 59.9 Å². The van der Waals surface area contributed by atoms with Crippen LogP contribution >= 0.6 is 0 Å². The molecule has 0 spiro atoms. The van der Waals surface area contributed by atoms with E-state index in [0.717, 1.165) is 11.1 Å². The lowest BCUT2D eigenvalue weighted by atomic mass is 10.1. The molecule has 0 aliphatic carbocycles. The first-order valence-electron chi connectivity index (χ1n) is 8.73. The summed E-state index contributed by atoms with van der Waals surface area (Å²) in [7, 11) is 3.93. The zero-order valence-electron chi connectivity index (χ0n) is 15.6. The van der Waals surface area contributed by atoms with Crippen LogP contribution in [0.25, 0.3) is 11.0 Å². The summed E-state index contributed by atoms with van der Waals surface area (Å²) in [5, 5.41) is 3.95. The number of furan rings is 1. The van der Waals surface area contributed by atoms with Crippen LogP contribution in [-0.2, 0) is 0 Å². The number of ether oxygens (including phenoxy) is 1. The Labute approximate surface area is 153 Å². The predicted molar refractivity (Wildman–Crippen MR) is 104 cm³/mol. The van der Waals surface area contributed by atoms with Gasteiger partial charge in [-0.2, -0.15) is 0 Å². The molecule has 1 amide bonds. The van der Waals surface area contributed by atoms with E-state index in [1.54, 1.807) is 0 Å². The Bertz CT molecular complexity index is 897. The Morgan fingerprint density at radius 2 is 1.92 bits per heavy atom. The highest BCUT2D eigenvalue weighted by Crippen LogP contribution is 2.31. The lowest BCUT2D eigenvalue weighted by Gasteiger charge is -2.14. The number of anilines is 1. The first kappa shape index (κ1) is 17.9. The third-order valence-electron chi connectivity index (χ3n) is 4.25. The number of carbonyl (C=O) groups is 1. The molecule has 26 heavy (non-hydrogen) atoms. The topological polar surface area (TPSA) is 54.7 Å². The molecular formula is C21H24N2O3. The van der Waals surface area contributed by atoms with Crippen LogP contribution in [0.1, 0.15) is 36.0 Å². The lowest BCUT2D eigenvalue weighted by Crippen LogP contribution is -2.26. The van der Waals surface area contributed by atoms with Gasteiger partial charge in [0.25, 0.3) is 5.91 Å². The average molecular weight is 352 g/mol. The summed E-state index contributed by atoms with van der Waals surface area (Å²) in [5.74, 6) is 1.28. The fourth-order valence-electron chi connectivity index (χ4n) is 2.80. The van der Waals surface area contributed by atoms with Crippen LogP contribution in [0.4, 0.5) is 5.69 Å². The Balaban J connectivity index is 1.76. The summed E-state index contributed by atoms with van der Waals surface area (Å²) in [6.07, 6.45) is 0. The molecular weight excluding hydrogens is 328 g/mol. The second kappa shape index (κ2) is 7.52. The fraction of sp³-hybridized carbons (Fsp3) is 0.286. The van der Waals surface area contributed by atoms with Crippen LogP contribution < -0.4 is 15.0 Å². The summed E-state index contributed by atoms with van der Waals surface area (Å²) < 4.78 is 11.6. The second-order valence-electron chi connectivity index (χ2n) is 6.39. The number of carbonyl (C=O) groups excluding carboxylic acids is 1. The molecule has 136 valence electrons. The van der Waals surface area contributed by atoms with E-state index in [4.69, 9.17) is 9.15 Å². The molecule has 3 rings (SSSR count). The number of hydrogen-bond donors (Lipinski definition) is 1. The zero-order chi connectivity index (χ0) is 18.7. The van der Waals surface area contributed by atoms with E-state index in [-0.39, 0.29) is 11.9 Å². The highest BCUT2D eigenvalue weighted by Gasteiger charge is 2.17. The standard InChI is InChI=1S/C21H24N2O3/c1-5-25-18-8-6-7-16-13-19(26-20(16)18)14(2)22-21(24)15-9-11-17(12-10-15)23(3)4/h6-14H,5H2,1-4H3,(H,22,24). The minimum absolute atomic E-state index is 0.131. The van der Waals surface area contributed by atoms with Crippen LogP contribution in [0.3, 0.4) is 0 Å². The molecule has 0 aliphatic heterocycles. The van der Waals surface area contributed by atoms with E-state index in [9.17, 15) is 4.79 Å². The normalized spacial score (nSPS) is 12.0. The van der Waals surface area contributed by atoms with E-state index >= 15 is 0 Å². The molecule has 1 atom stereocenters. The van der Waals surface area contributed by atoms with Crippen molar-refractivity contribution in [2.24, 2.45) is 0 Å². The van der Waals surface area contributed by atoms with Crippen LogP contribution in [0, 0.1) is 0 Å². The average Bonchev–Trinajstić information content (AvgIpc) is 3.07. The maximum atomic E-state index is 12.5. The van der Waals surface area contributed by atoms with Gasteiger partial charge in [0.05, 0.1) is 12.6 Å². The van der Waals surface area contributed by atoms with E-state index in [1.165, 1.54) is 0 Å². The first-order valence-corrected chi connectivity index (χ1v) is 8.73. The highest BCUT2D eigenvalue weighted by molar-refractivity contribution is 5.94. The van der Waals surface area contributed by atoms with Gasteiger partial charge in [-0.3, -0.25) is 4.79 Å². The maximum absolute atomic E-state index is 12.5. The quantitative estimate of drug-likeness (QED) is 0.715. The van der Waals surface area contributed by atoms with Gasteiger partial charge < -0.3 is 19.4 Å². The number of rotatable bonds is 6. The molecule has 1 heterocycles. The summed E-state index contributed by atoms with van der Waals surface area (Å²) >= 11 is 0. The van der Waals surface area contributed by atoms with Gasteiger partial charge in [-0.25, -0.2) is 0 Å². The minimum Gasteiger partial charge on any atom is -0.490 e. The molecule has 1 aromatic heterocycles. The van der Waals surface area contributed by atoms with Gasteiger partial charge in [0.2, 0.25) is 0 Å². The van der Waals surface area contributed by atoms with E-state index < -0.39 is 0 Å². The van der Waals surface area contributed by atoms with Gasteiger partial charge in [0, 0.05) is 30.7 Å². The number of hydrogen-bond acceptors (Lipinski definition) is 4. The molecule has 3 aromatic rings. The van der Waals surface area contributed by atoms with Crippen LogP contribution in [0.2, 0.25) is 0 Å². The van der Waals surface area contributed by atoms with Crippen molar-refractivity contribution in [2.75, 3.05) is 25.6 Å². The van der Waals surface area contributed by atoms with E-state index in [1.807, 2.05) is 81.4 Å². The molecule has 0 radical (unpaired) electrons. The third kappa shape index (κ3) is 3.67. The number of para-hydroxylation sites is 1. The number of fused-ring (bicyclic) bond motifs is 1. The smallest absolute Gasteiger partial charge is 0.251 e. The Kier molecular flexibility index (Phi) is 5.16. The molecule has 0 aliphatic rings. The number of amides is 1. The molecule has 0 saturated heterocycles. The van der Waals surface area contributed by atoms with Crippen molar-refractivity contribution in [1.29, 1.82) is 0 Å². The Morgan fingerprint density at radius 1 is 1.19 bits per heavy atom. The van der Waals surface area contributed by atoms with Crippen molar-refractivity contribution in [3.8, 4) is 5.75 Å². The van der Waals surface area contributed by atoms with Gasteiger partial charge in [0.1, 0.15) is 5.76 Å². The van der Waals surface area contributed by atoms with Crippen LogP contribution in [-0.4, -0.2) is 26.6 Å². The van der Waals surface area contributed by atoms with Gasteiger partial charge in [-0.15, -0.1) is 0 Å². The largest absolute Gasteiger partial charge is 0.490 e. The summed E-state index contributed by atoms with van der Waals surface area (Å²) in [6, 6.07) is 15.0. The monoisotopic (exact) mass is 352 g/mol. The van der Waals surface area contributed by atoms with Crippen molar-refractivity contribution < 1.29 is 13.9 Å². The molecule has 0 bridgehead atoms. The molecule has 0 fully saturated rings. The molecule has 2 aromatic carbocycles. The zero-order valence-corrected chi connectivity index (χ0v) is 15.6. The van der Waals surface area contributed by atoms with E-state index in [2.05, 4.69) is 5.32 Å². The number of nitrogens with zero attached hydrogens (tertiary/aromatic N) is 1. The molecule has 0 saturated carbocycles. The van der Waals surface area contributed by atoms with Gasteiger partial charge in [-0.05, 0) is 50.2 Å². The molecule has 5 heteroatoms. The molecule has 1 N–H and O–H groups in total. The summed E-state index contributed by atoms with van der Waals surface area (Å²) in [6.45, 7) is 4.42. The number of benzene rings is 2. The SMILES string of the molecule is CCOc1cccc2cc(C(C)NC(=O)c3ccc(N(C)C)cc3)oc12. The number of nitrogens with one attached hydrogen (secondary N) is 1. The van der Waals surface area contributed by atoms with Gasteiger partial charge >= 0.3 is 0 Å². The summed E-state index contributed by atoms with van der Waals surface area (Å²) in [4.78, 5) is 14.5. The highest BCUT2D eigenvalue weighted by atomic mass is 16.5. The Hall–Kier alpha value is -2.95.